The minimum absolute atomic E-state index is 0.0935. The average Bonchev–Trinajstić information content (AvgIpc) is 3.01. The molecule has 2 N–H and O–H groups in total. The Labute approximate surface area is 194 Å². The van der Waals surface area contributed by atoms with Crippen molar-refractivity contribution in [1.82, 2.24) is 4.90 Å². The van der Waals surface area contributed by atoms with E-state index < -0.39 is 35.5 Å². The molecule has 0 unspecified atom stereocenters. The number of carbonyl (C=O) groups is 5. The largest absolute Gasteiger partial charge is 0.462 e. The molecule has 1 aliphatic rings. The summed E-state index contributed by atoms with van der Waals surface area (Å²) in [7, 11) is 0. The van der Waals surface area contributed by atoms with Crippen molar-refractivity contribution in [1.29, 1.82) is 0 Å². The maximum absolute atomic E-state index is 12.5. The van der Waals surface area contributed by atoms with Gasteiger partial charge in [0.1, 0.15) is 6.54 Å². The first-order valence-electron chi connectivity index (χ1n) is 9.97. The minimum atomic E-state index is -0.725. The highest BCUT2D eigenvalue weighted by Gasteiger charge is 2.36. The lowest BCUT2D eigenvalue weighted by Gasteiger charge is -2.12. The summed E-state index contributed by atoms with van der Waals surface area (Å²) in [5, 5.41) is 4.55. The molecule has 1 heterocycles. The lowest BCUT2D eigenvalue weighted by Crippen LogP contribution is -2.36. The van der Waals surface area contributed by atoms with Gasteiger partial charge in [-0.15, -0.1) is 0 Å². The Morgan fingerprint density at radius 1 is 1.03 bits per heavy atom. The van der Waals surface area contributed by atoms with Crippen molar-refractivity contribution in [2.75, 3.05) is 23.8 Å². The number of carbonyl (C=O) groups excluding carboxylic acids is 5. The zero-order valence-electron chi connectivity index (χ0n) is 17.9. The van der Waals surface area contributed by atoms with E-state index in [1.807, 2.05) is 13.0 Å². The number of hydrogen-bond acceptors (Lipinski definition) is 7. The fourth-order valence-electron chi connectivity index (χ4n) is 2.90. The molecule has 0 spiro atoms. The van der Waals surface area contributed by atoms with E-state index in [1.54, 1.807) is 25.1 Å². The third-order valence-electron chi connectivity index (χ3n) is 4.40. The van der Waals surface area contributed by atoms with Gasteiger partial charge >= 0.3 is 5.97 Å². The molecule has 0 saturated carbocycles. The highest BCUT2D eigenvalue weighted by Crippen LogP contribution is 2.30. The number of nitrogens with zero attached hydrogens (tertiary/aromatic N) is 1. The Morgan fingerprint density at radius 3 is 2.42 bits per heavy atom. The van der Waals surface area contributed by atoms with Crippen molar-refractivity contribution in [3.8, 4) is 0 Å². The van der Waals surface area contributed by atoms with Crippen molar-refractivity contribution < 1.29 is 28.7 Å². The predicted molar refractivity (Wildman–Crippen MR) is 124 cm³/mol. The Kier molecular flexibility index (Phi) is 7.62. The summed E-state index contributed by atoms with van der Waals surface area (Å²) in [6, 6.07) is 13.1. The number of ether oxygens (including phenoxy) is 1. The first kappa shape index (κ1) is 23.7. The molecular formula is C23H21N3O6S. The van der Waals surface area contributed by atoms with Gasteiger partial charge in [0.15, 0.2) is 0 Å². The summed E-state index contributed by atoms with van der Waals surface area (Å²) >= 11 is 0.580. The molecular weight excluding hydrogens is 446 g/mol. The zero-order chi connectivity index (χ0) is 24.0. The first-order chi connectivity index (χ1) is 15.8. The second-order valence-electron chi connectivity index (χ2n) is 6.97. The van der Waals surface area contributed by atoms with Gasteiger partial charge in [-0.25, -0.2) is 4.79 Å². The maximum Gasteiger partial charge on any atom is 0.338 e. The molecule has 0 bridgehead atoms. The van der Waals surface area contributed by atoms with Crippen LogP contribution in [0, 0.1) is 6.92 Å². The lowest BCUT2D eigenvalue weighted by molar-refractivity contribution is -0.127. The van der Waals surface area contributed by atoms with Crippen molar-refractivity contribution in [3.05, 3.63) is 70.6 Å². The normalized spacial score (nSPS) is 14.4. The zero-order valence-corrected chi connectivity index (χ0v) is 18.7. The van der Waals surface area contributed by atoms with Gasteiger partial charge in [-0.05, 0) is 67.6 Å². The molecule has 0 aromatic heterocycles. The van der Waals surface area contributed by atoms with Crippen LogP contribution in [0.1, 0.15) is 22.8 Å². The molecule has 170 valence electrons. The molecule has 1 fully saturated rings. The van der Waals surface area contributed by atoms with E-state index in [9.17, 15) is 24.0 Å². The van der Waals surface area contributed by atoms with Gasteiger partial charge in [0.25, 0.3) is 11.1 Å². The number of aryl methyl sites for hydroxylation is 1. The summed E-state index contributed by atoms with van der Waals surface area (Å²) in [6.07, 6.45) is 1.00. The number of amides is 4. The average molecular weight is 468 g/mol. The van der Waals surface area contributed by atoms with Crippen LogP contribution in [-0.4, -0.2) is 47.0 Å². The SMILES string of the molecule is CCOC(=O)c1ccc(NC(=O)C=C2SC(=O)N(CC(=O)Nc3cccc(C)c3)C2=O)cc1. The molecule has 0 radical (unpaired) electrons. The second kappa shape index (κ2) is 10.6. The van der Waals surface area contributed by atoms with Gasteiger partial charge in [0.2, 0.25) is 11.8 Å². The van der Waals surface area contributed by atoms with Crippen molar-refractivity contribution in [2.45, 2.75) is 13.8 Å². The van der Waals surface area contributed by atoms with Crippen LogP contribution >= 0.6 is 11.8 Å². The van der Waals surface area contributed by atoms with E-state index >= 15 is 0 Å². The molecule has 3 rings (SSSR count). The van der Waals surface area contributed by atoms with Crippen LogP contribution in [0.4, 0.5) is 16.2 Å². The number of rotatable bonds is 7. The number of thioether (sulfide) groups is 1. The van der Waals surface area contributed by atoms with Gasteiger partial charge in [-0.1, -0.05) is 12.1 Å². The van der Waals surface area contributed by atoms with Crippen LogP contribution < -0.4 is 10.6 Å². The molecule has 10 heteroatoms. The quantitative estimate of drug-likeness (QED) is 0.473. The smallest absolute Gasteiger partial charge is 0.338 e. The van der Waals surface area contributed by atoms with Crippen LogP contribution in [-0.2, 0) is 19.1 Å². The van der Waals surface area contributed by atoms with E-state index in [1.165, 1.54) is 24.3 Å². The number of hydrogen-bond donors (Lipinski definition) is 2. The molecule has 4 amide bonds. The Morgan fingerprint density at radius 2 is 1.76 bits per heavy atom. The van der Waals surface area contributed by atoms with E-state index in [4.69, 9.17) is 4.74 Å². The van der Waals surface area contributed by atoms with E-state index in [0.717, 1.165) is 16.5 Å². The molecule has 2 aromatic rings. The molecule has 2 aromatic carbocycles. The third kappa shape index (κ3) is 6.30. The monoisotopic (exact) mass is 467 g/mol. The molecule has 1 aliphatic heterocycles. The van der Waals surface area contributed by atoms with Crippen LogP contribution in [0.5, 0.6) is 0 Å². The van der Waals surface area contributed by atoms with Gasteiger partial charge in [0.05, 0.1) is 17.1 Å². The second-order valence-corrected chi connectivity index (χ2v) is 7.97. The lowest BCUT2D eigenvalue weighted by atomic mass is 10.2. The van der Waals surface area contributed by atoms with E-state index in [-0.39, 0.29) is 11.5 Å². The number of anilines is 2. The number of nitrogens with one attached hydrogen (secondary N) is 2. The van der Waals surface area contributed by atoms with Crippen molar-refractivity contribution in [2.24, 2.45) is 0 Å². The highest BCUT2D eigenvalue weighted by molar-refractivity contribution is 8.18. The van der Waals surface area contributed by atoms with E-state index in [2.05, 4.69) is 10.6 Å². The number of esters is 1. The van der Waals surface area contributed by atoms with Crippen molar-refractivity contribution in [3.63, 3.8) is 0 Å². The summed E-state index contributed by atoms with van der Waals surface area (Å²) in [6.45, 7) is 3.36. The van der Waals surface area contributed by atoms with Crippen LogP contribution in [0.2, 0.25) is 0 Å². The first-order valence-corrected chi connectivity index (χ1v) is 10.8. The highest BCUT2D eigenvalue weighted by atomic mass is 32.2. The Balaban J connectivity index is 1.59. The summed E-state index contributed by atoms with van der Waals surface area (Å²) < 4.78 is 4.89. The standard InChI is InChI=1S/C23H21N3O6S/c1-3-32-22(30)15-7-9-16(10-8-15)24-19(27)12-18-21(29)26(23(31)33-18)13-20(28)25-17-6-4-5-14(2)11-17/h4-12H,3,13H2,1-2H3,(H,24,27)(H,25,28). The van der Waals surface area contributed by atoms with Crippen LogP contribution in [0.15, 0.2) is 59.5 Å². The number of imide groups is 1. The van der Waals surface area contributed by atoms with E-state index in [0.29, 0.717) is 28.7 Å². The van der Waals surface area contributed by atoms with Gasteiger partial charge in [0, 0.05) is 17.5 Å². The van der Waals surface area contributed by atoms with Crippen LogP contribution in [0.25, 0.3) is 0 Å². The summed E-state index contributed by atoms with van der Waals surface area (Å²) in [4.78, 5) is 61.6. The molecule has 1 saturated heterocycles. The summed E-state index contributed by atoms with van der Waals surface area (Å²) in [5.41, 5.74) is 2.22. The fraction of sp³-hybridized carbons (Fsp3) is 0.174. The summed E-state index contributed by atoms with van der Waals surface area (Å²) in [5.74, 6) is -2.36. The predicted octanol–water partition coefficient (Wildman–Crippen LogP) is 3.33. The van der Waals surface area contributed by atoms with Gasteiger partial charge in [-0.3, -0.25) is 24.1 Å². The number of benzene rings is 2. The van der Waals surface area contributed by atoms with Gasteiger partial charge in [-0.2, -0.15) is 0 Å². The minimum Gasteiger partial charge on any atom is -0.462 e. The fourth-order valence-corrected chi connectivity index (χ4v) is 3.71. The molecule has 0 atom stereocenters. The van der Waals surface area contributed by atoms with Gasteiger partial charge < -0.3 is 15.4 Å². The Bertz CT molecular complexity index is 1140. The third-order valence-corrected chi connectivity index (χ3v) is 5.31. The topological polar surface area (TPSA) is 122 Å². The molecule has 9 nitrogen and oxygen atoms in total. The van der Waals surface area contributed by atoms with Crippen molar-refractivity contribution >= 4 is 52.1 Å². The maximum atomic E-state index is 12.5. The molecule has 33 heavy (non-hydrogen) atoms. The van der Waals surface area contributed by atoms with Crippen LogP contribution in [0.3, 0.4) is 0 Å². The Hall–Kier alpha value is -3.92. The molecule has 0 aliphatic carbocycles.